The Morgan fingerprint density at radius 2 is 1.85 bits per heavy atom. The highest BCUT2D eigenvalue weighted by molar-refractivity contribution is 5.77. The van der Waals surface area contributed by atoms with Gasteiger partial charge in [-0.3, -0.25) is 4.79 Å². The van der Waals surface area contributed by atoms with Crippen molar-refractivity contribution in [1.29, 1.82) is 0 Å². The zero-order chi connectivity index (χ0) is 15.2. The first-order valence-electron chi connectivity index (χ1n) is 7.21. The van der Waals surface area contributed by atoms with Crippen LogP contribution in [0.1, 0.15) is 40.0 Å². The molecule has 20 heavy (non-hydrogen) atoms. The second-order valence-electron chi connectivity index (χ2n) is 6.32. The van der Waals surface area contributed by atoms with Crippen molar-refractivity contribution in [2.45, 2.75) is 51.7 Å². The fourth-order valence-electron chi connectivity index (χ4n) is 2.05. The number of likely N-dealkylation sites (tertiary alicyclic amines) is 1. The lowest BCUT2D eigenvalue weighted by Crippen LogP contribution is -2.44. The topological polar surface area (TPSA) is 70.7 Å². The van der Waals surface area contributed by atoms with Crippen molar-refractivity contribution in [1.82, 2.24) is 15.5 Å². The third-order valence-electron chi connectivity index (χ3n) is 3.10. The number of rotatable bonds is 4. The highest BCUT2D eigenvalue weighted by atomic mass is 16.6. The molecule has 6 heteroatoms. The first kappa shape index (κ1) is 16.8. The maximum Gasteiger partial charge on any atom is 0.407 e. The van der Waals surface area contributed by atoms with Gasteiger partial charge in [-0.25, -0.2) is 4.79 Å². The summed E-state index contributed by atoms with van der Waals surface area (Å²) in [5, 5.41) is 5.59. The van der Waals surface area contributed by atoms with Gasteiger partial charge in [0.1, 0.15) is 5.60 Å². The van der Waals surface area contributed by atoms with Crippen LogP contribution in [0.2, 0.25) is 0 Å². The molecule has 0 bridgehead atoms. The van der Waals surface area contributed by atoms with Gasteiger partial charge in [0.25, 0.3) is 0 Å². The zero-order valence-electron chi connectivity index (χ0n) is 13.0. The van der Waals surface area contributed by atoms with Crippen LogP contribution in [0.15, 0.2) is 0 Å². The minimum Gasteiger partial charge on any atom is -0.444 e. The molecule has 0 saturated carbocycles. The van der Waals surface area contributed by atoms with Crippen LogP contribution in [0.25, 0.3) is 0 Å². The molecular weight excluding hydrogens is 258 g/mol. The molecule has 0 unspecified atom stereocenters. The summed E-state index contributed by atoms with van der Waals surface area (Å²) in [6, 6.07) is 0.264. The van der Waals surface area contributed by atoms with E-state index in [2.05, 4.69) is 22.6 Å². The number of nitrogens with one attached hydrogen (secondary N) is 2. The van der Waals surface area contributed by atoms with E-state index in [1.165, 1.54) is 0 Å². The van der Waals surface area contributed by atoms with Crippen molar-refractivity contribution in [2.24, 2.45) is 0 Å². The van der Waals surface area contributed by atoms with Gasteiger partial charge in [-0.15, -0.1) is 0 Å². The lowest BCUT2D eigenvalue weighted by molar-refractivity contribution is -0.121. The second-order valence-corrected chi connectivity index (χ2v) is 6.32. The maximum absolute atomic E-state index is 11.7. The molecule has 0 aliphatic carbocycles. The first-order valence-corrected chi connectivity index (χ1v) is 7.21. The molecule has 0 aromatic rings. The average molecular weight is 285 g/mol. The summed E-state index contributed by atoms with van der Waals surface area (Å²) in [4.78, 5) is 25.4. The Morgan fingerprint density at radius 3 is 2.40 bits per heavy atom. The first-order chi connectivity index (χ1) is 9.26. The number of hydrogen-bond donors (Lipinski definition) is 2. The maximum atomic E-state index is 11.7. The molecule has 1 saturated heterocycles. The summed E-state index contributed by atoms with van der Waals surface area (Å²) in [5.41, 5.74) is -0.513. The van der Waals surface area contributed by atoms with Gasteiger partial charge in [-0.2, -0.15) is 0 Å². The van der Waals surface area contributed by atoms with Gasteiger partial charge in [-0.1, -0.05) is 0 Å². The average Bonchev–Trinajstić information content (AvgIpc) is 2.29. The number of piperidine rings is 1. The number of nitrogens with zero attached hydrogens (tertiary/aromatic N) is 1. The van der Waals surface area contributed by atoms with Crippen molar-refractivity contribution in [3.05, 3.63) is 0 Å². The molecule has 0 aromatic heterocycles. The third-order valence-corrected chi connectivity index (χ3v) is 3.10. The van der Waals surface area contributed by atoms with Gasteiger partial charge >= 0.3 is 6.09 Å². The van der Waals surface area contributed by atoms with Gasteiger partial charge in [0.2, 0.25) is 5.91 Å². The van der Waals surface area contributed by atoms with E-state index in [0.29, 0.717) is 6.54 Å². The van der Waals surface area contributed by atoms with Gasteiger partial charge in [0, 0.05) is 19.0 Å². The van der Waals surface area contributed by atoms with Crippen LogP contribution >= 0.6 is 0 Å². The van der Waals surface area contributed by atoms with Crippen molar-refractivity contribution in [3.63, 3.8) is 0 Å². The van der Waals surface area contributed by atoms with Crippen molar-refractivity contribution >= 4 is 12.0 Å². The number of hydrogen-bond acceptors (Lipinski definition) is 4. The summed E-state index contributed by atoms with van der Waals surface area (Å²) in [7, 11) is 2.09. The molecule has 1 rings (SSSR count). The molecule has 2 N–H and O–H groups in total. The van der Waals surface area contributed by atoms with Crippen molar-refractivity contribution in [2.75, 3.05) is 26.7 Å². The van der Waals surface area contributed by atoms with Gasteiger partial charge in [0.05, 0.1) is 0 Å². The van der Waals surface area contributed by atoms with Crippen LogP contribution in [-0.4, -0.2) is 55.2 Å². The highest BCUT2D eigenvalue weighted by Crippen LogP contribution is 2.08. The fraction of sp³-hybridized carbons (Fsp3) is 0.857. The molecule has 0 atom stereocenters. The Kier molecular flexibility index (Phi) is 6.26. The molecule has 1 aliphatic heterocycles. The Hall–Kier alpha value is -1.30. The predicted molar refractivity (Wildman–Crippen MR) is 77.5 cm³/mol. The zero-order valence-corrected chi connectivity index (χ0v) is 13.0. The van der Waals surface area contributed by atoms with E-state index in [1.807, 2.05) is 0 Å². The lowest BCUT2D eigenvalue weighted by Gasteiger charge is -2.29. The van der Waals surface area contributed by atoms with Crippen LogP contribution in [0.4, 0.5) is 4.79 Å². The number of ether oxygens (including phenoxy) is 1. The van der Waals surface area contributed by atoms with Gasteiger partial charge in [0.15, 0.2) is 0 Å². The molecule has 1 fully saturated rings. The van der Waals surface area contributed by atoms with E-state index in [0.717, 1.165) is 25.9 Å². The van der Waals surface area contributed by atoms with Crippen LogP contribution in [0.3, 0.4) is 0 Å². The van der Waals surface area contributed by atoms with Crippen molar-refractivity contribution in [3.8, 4) is 0 Å². The molecule has 1 heterocycles. The molecule has 0 spiro atoms. The third kappa shape index (κ3) is 7.33. The minimum absolute atomic E-state index is 0.0180. The minimum atomic E-state index is -0.513. The Labute approximate surface area is 121 Å². The van der Waals surface area contributed by atoms with E-state index in [9.17, 15) is 9.59 Å². The smallest absolute Gasteiger partial charge is 0.407 e. The monoisotopic (exact) mass is 285 g/mol. The second kappa shape index (κ2) is 7.47. The predicted octanol–water partition coefficient (Wildman–Crippen LogP) is 1.11. The quantitative estimate of drug-likeness (QED) is 0.812. The van der Waals surface area contributed by atoms with E-state index in [1.54, 1.807) is 20.8 Å². The molecular formula is C14H27N3O3. The molecule has 6 nitrogen and oxygen atoms in total. The summed E-state index contributed by atoms with van der Waals surface area (Å²) in [5.74, 6) is -0.0180. The SMILES string of the molecule is CN1CCC(NC(=O)CCNC(=O)OC(C)(C)C)CC1. The number of amides is 2. The summed E-state index contributed by atoms with van der Waals surface area (Å²) < 4.78 is 5.09. The molecule has 0 radical (unpaired) electrons. The van der Waals surface area contributed by atoms with E-state index in [-0.39, 0.29) is 18.4 Å². The molecule has 0 aromatic carbocycles. The molecule has 116 valence electrons. The summed E-state index contributed by atoms with van der Waals surface area (Å²) in [6.45, 7) is 7.74. The normalized spacial score (nSPS) is 17.6. The molecule has 2 amide bonds. The lowest BCUT2D eigenvalue weighted by atomic mass is 10.1. The van der Waals surface area contributed by atoms with Gasteiger partial charge < -0.3 is 20.3 Å². The summed E-state index contributed by atoms with van der Waals surface area (Å²) >= 11 is 0. The van der Waals surface area contributed by atoms with E-state index < -0.39 is 11.7 Å². The Balaban J connectivity index is 2.13. The number of alkyl carbamates (subject to hydrolysis) is 1. The number of carbonyl (C=O) groups is 2. The number of carbonyl (C=O) groups excluding carboxylic acids is 2. The standard InChI is InChI=1S/C14H27N3O3/c1-14(2,3)20-13(19)15-8-5-12(18)16-11-6-9-17(4)10-7-11/h11H,5-10H2,1-4H3,(H,15,19)(H,16,18). The fourth-order valence-corrected chi connectivity index (χ4v) is 2.05. The summed E-state index contributed by atoms with van der Waals surface area (Å²) in [6.07, 6.45) is 1.78. The molecule has 1 aliphatic rings. The van der Waals surface area contributed by atoms with Crippen LogP contribution in [0, 0.1) is 0 Å². The Bertz CT molecular complexity index is 331. The largest absolute Gasteiger partial charge is 0.444 e. The van der Waals surface area contributed by atoms with Crippen LogP contribution < -0.4 is 10.6 Å². The van der Waals surface area contributed by atoms with Crippen LogP contribution in [0.5, 0.6) is 0 Å². The van der Waals surface area contributed by atoms with Crippen LogP contribution in [-0.2, 0) is 9.53 Å². The van der Waals surface area contributed by atoms with Gasteiger partial charge in [-0.05, 0) is 53.8 Å². The highest BCUT2D eigenvalue weighted by Gasteiger charge is 2.19. The van der Waals surface area contributed by atoms with E-state index in [4.69, 9.17) is 4.74 Å². The van der Waals surface area contributed by atoms with Crippen molar-refractivity contribution < 1.29 is 14.3 Å². The van der Waals surface area contributed by atoms with E-state index >= 15 is 0 Å². The Morgan fingerprint density at radius 1 is 1.25 bits per heavy atom.